The van der Waals surface area contributed by atoms with Gasteiger partial charge in [0.05, 0.1) is 12.7 Å². The Kier molecular flexibility index (Phi) is 7.04. The predicted molar refractivity (Wildman–Crippen MR) is 133 cm³/mol. The van der Waals surface area contributed by atoms with Crippen LogP contribution < -0.4 is 10.2 Å². The molecule has 1 saturated heterocycles. The number of hydrogen-bond acceptors (Lipinski definition) is 5. The molecule has 0 radical (unpaired) electrons. The lowest BCUT2D eigenvalue weighted by Gasteiger charge is -2.38. The first-order valence-electron chi connectivity index (χ1n) is 12.5. The molecule has 2 N–H and O–H groups in total. The molecule has 3 aliphatic heterocycles. The van der Waals surface area contributed by atoms with Gasteiger partial charge in [0.2, 0.25) is 0 Å². The van der Waals surface area contributed by atoms with Crippen molar-refractivity contribution in [2.75, 3.05) is 37.7 Å². The van der Waals surface area contributed by atoms with E-state index in [0.29, 0.717) is 31.8 Å². The number of aryl methyl sites for hydroxylation is 2. The number of anilines is 1. The minimum atomic E-state index is -3.05. The van der Waals surface area contributed by atoms with Crippen molar-refractivity contribution in [2.24, 2.45) is 7.05 Å². The molecule has 0 spiro atoms. The molecule has 1 aromatic carbocycles. The van der Waals surface area contributed by atoms with E-state index in [0.717, 1.165) is 53.8 Å². The molecular formula is C26H32F2N6O2. The van der Waals surface area contributed by atoms with Crippen LogP contribution in [0.2, 0.25) is 0 Å². The number of aromatic nitrogens is 2. The van der Waals surface area contributed by atoms with Crippen LogP contribution in [0.25, 0.3) is 11.1 Å². The number of carbonyl (C=O) groups is 1. The minimum absolute atomic E-state index is 0.00710. The van der Waals surface area contributed by atoms with E-state index in [1.54, 1.807) is 4.68 Å². The molecule has 5 rings (SSSR count). The fraction of sp³-hybridized carbons (Fsp3) is 0.500. The Hall–Kier alpha value is -3.27. The molecule has 1 amide bonds. The summed E-state index contributed by atoms with van der Waals surface area (Å²) in [6.07, 6.45) is 4.67. The van der Waals surface area contributed by atoms with Crippen molar-refractivity contribution in [3.8, 4) is 11.1 Å². The zero-order valence-corrected chi connectivity index (χ0v) is 20.5. The molecule has 0 atom stereocenters. The minimum Gasteiger partial charge on any atom is -0.385 e. The second-order valence-electron chi connectivity index (χ2n) is 9.65. The van der Waals surface area contributed by atoms with E-state index in [1.807, 2.05) is 36.5 Å². The van der Waals surface area contributed by atoms with E-state index in [1.165, 1.54) is 4.90 Å². The van der Waals surface area contributed by atoms with Crippen LogP contribution >= 0.6 is 0 Å². The molecular weight excluding hydrogens is 466 g/mol. The number of ether oxygens (including phenoxy) is 1. The summed E-state index contributed by atoms with van der Waals surface area (Å²) in [5, 5.41) is 17.0. The Morgan fingerprint density at radius 3 is 2.72 bits per heavy atom. The highest BCUT2D eigenvalue weighted by Gasteiger charge is 2.33. The van der Waals surface area contributed by atoms with Crippen molar-refractivity contribution in [2.45, 2.75) is 44.6 Å². The predicted octanol–water partition coefficient (Wildman–Crippen LogP) is 3.34. The summed E-state index contributed by atoms with van der Waals surface area (Å²) in [6, 6.07) is 6.42. The van der Waals surface area contributed by atoms with E-state index < -0.39 is 12.3 Å². The van der Waals surface area contributed by atoms with Gasteiger partial charge >= 0.3 is 6.43 Å². The van der Waals surface area contributed by atoms with Gasteiger partial charge in [-0.05, 0) is 48.9 Å². The summed E-state index contributed by atoms with van der Waals surface area (Å²) in [5.41, 5.74) is 5.70. The summed E-state index contributed by atoms with van der Waals surface area (Å²) in [7, 11) is 1.89. The number of halogens is 2. The van der Waals surface area contributed by atoms with Crippen molar-refractivity contribution in [1.82, 2.24) is 20.0 Å². The van der Waals surface area contributed by atoms with Gasteiger partial charge in [-0.25, -0.2) is 0 Å². The first-order chi connectivity index (χ1) is 17.4. The number of benzene rings is 1. The van der Waals surface area contributed by atoms with Crippen molar-refractivity contribution >= 4 is 17.4 Å². The van der Waals surface area contributed by atoms with Gasteiger partial charge in [0, 0.05) is 74.5 Å². The second-order valence-corrected chi connectivity index (χ2v) is 9.65. The van der Waals surface area contributed by atoms with Crippen LogP contribution in [0.1, 0.15) is 31.2 Å². The van der Waals surface area contributed by atoms with Crippen molar-refractivity contribution in [1.29, 1.82) is 5.41 Å². The number of nitrogens with zero attached hydrogens (tertiary/aromatic N) is 4. The van der Waals surface area contributed by atoms with Gasteiger partial charge < -0.3 is 19.9 Å². The molecule has 0 bridgehead atoms. The molecule has 0 aliphatic carbocycles. The standard InChI is InChI=1S/C26H32F2N6O2/c1-32-15-19(14-30-32)17-4-5-23-18(13-17)3-2-9-34(23)25(29)21-16-33(26(35)24(27)28)10-6-22(21)31-20-7-11-36-12-8-20/h4-5,13-15,20,24,29,31H,2-3,6-12,16H2,1H3. The molecule has 0 saturated carbocycles. The topological polar surface area (TPSA) is 86.5 Å². The molecule has 192 valence electrons. The molecule has 10 heteroatoms. The highest BCUT2D eigenvalue weighted by molar-refractivity contribution is 6.09. The lowest BCUT2D eigenvalue weighted by Crippen LogP contribution is -2.48. The van der Waals surface area contributed by atoms with E-state index in [-0.39, 0.29) is 25.0 Å². The molecule has 1 aromatic heterocycles. The van der Waals surface area contributed by atoms with E-state index in [4.69, 9.17) is 4.74 Å². The zero-order valence-electron chi connectivity index (χ0n) is 20.5. The number of rotatable bonds is 5. The quantitative estimate of drug-likeness (QED) is 0.488. The average Bonchev–Trinajstić information content (AvgIpc) is 3.34. The molecule has 0 unspecified atom stereocenters. The van der Waals surface area contributed by atoms with Crippen LogP contribution in [-0.2, 0) is 23.0 Å². The van der Waals surface area contributed by atoms with Gasteiger partial charge in [-0.15, -0.1) is 0 Å². The molecule has 36 heavy (non-hydrogen) atoms. The number of alkyl halides is 2. The number of fused-ring (bicyclic) bond motifs is 1. The third-order valence-corrected chi connectivity index (χ3v) is 7.24. The smallest absolute Gasteiger partial charge is 0.315 e. The fourth-order valence-corrected chi connectivity index (χ4v) is 5.30. The third-order valence-electron chi connectivity index (χ3n) is 7.24. The maximum atomic E-state index is 13.2. The molecule has 8 nitrogen and oxygen atoms in total. The van der Waals surface area contributed by atoms with Crippen molar-refractivity contribution in [3.05, 3.63) is 47.4 Å². The highest BCUT2D eigenvalue weighted by Crippen LogP contribution is 2.33. The van der Waals surface area contributed by atoms with Crippen molar-refractivity contribution in [3.63, 3.8) is 0 Å². The second kappa shape index (κ2) is 10.4. The van der Waals surface area contributed by atoms with Gasteiger partial charge in [-0.1, -0.05) is 6.07 Å². The Morgan fingerprint density at radius 1 is 1.19 bits per heavy atom. The monoisotopic (exact) mass is 498 g/mol. The van der Waals surface area contributed by atoms with Gasteiger partial charge in [-0.3, -0.25) is 14.9 Å². The summed E-state index contributed by atoms with van der Waals surface area (Å²) >= 11 is 0. The van der Waals surface area contributed by atoms with Crippen LogP contribution in [-0.4, -0.2) is 71.7 Å². The first kappa shape index (κ1) is 24.4. The number of amides is 1. The first-order valence-corrected chi connectivity index (χ1v) is 12.5. The maximum Gasteiger partial charge on any atom is 0.315 e. The Balaban J connectivity index is 1.44. The summed E-state index contributed by atoms with van der Waals surface area (Å²) in [5.74, 6) is -0.906. The number of carbonyl (C=O) groups excluding carboxylic acids is 1. The van der Waals surface area contributed by atoms with Crippen LogP contribution in [0.4, 0.5) is 14.5 Å². The van der Waals surface area contributed by atoms with Crippen molar-refractivity contribution < 1.29 is 18.3 Å². The lowest BCUT2D eigenvalue weighted by molar-refractivity contribution is -0.142. The molecule has 4 heterocycles. The van der Waals surface area contributed by atoms with E-state index in [2.05, 4.69) is 16.5 Å². The van der Waals surface area contributed by atoms with Gasteiger partial charge in [-0.2, -0.15) is 13.9 Å². The molecule has 1 fully saturated rings. The molecule has 2 aromatic rings. The Labute approximate surface area is 209 Å². The van der Waals surface area contributed by atoms with Crippen LogP contribution in [0.15, 0.2) is 41.9 Å². The summed E-state index contributed by atoms with van der Waals surface area (Å²) in [4.78, 5) is 15.3. The number of hydrogen-bond donors (Lipinski definition) is 2. The Morgan fingerprint density at radius 2 is 2.00 bits per heavy atom. The number of nitrogens with one attached hydrogen (secondary N) is 2. The lowest BCUT2D eigenvalue weighted by atomic mass is 9.95. The number of amidine groups is 1. The van der Waals surface area contributed by atoms with Crippen LogP contribution in [0.3, 0.4) is 0 Å². The molecule has 3 aliphatic rings. The van der Waals surface area contributed by atoms with Gasteiger partial charge in [0.25, 0.3) is 5.91 Å². The van der Waals surface area contributed by atoms with E-state index in [9.17, 15) is 19.0 Å². The SMILES string of the molecule is Cn1cc(-c2ccc3c(c2)CCCN3C(=N)C2=C(NC3CCOCC3)CCN(C(=O)C(F)F)C2)cn1. The maximum absolute atomic E-state index is 13.2. The van der Waals surface area contributed by atoms with Gasteiger partial charge in [0.1, 0.15) is 5.84 Å². The fourth-order valence-electron chi connectivity index (χ4n) is 5.30. The largest absolute Gasteiger partial charge is 0.385 e. The Bertz CT molecular complexity index is 1170. The summed E-state index contributed by atoms with van der Waals surface area (Å²) in [6.45, 7) is 2.23. The normalized spacial score (nSPS) is 19.0. The van der Waals surface area contributed by atoms with Crippen LogP contribution in [0, 0.1) is 5.41 Å². The zero-order chi connectivity index (χ0) is 25.2. The highest BCUT2D eigenvalue weighted by atomic mass is 19.3. The van der Waals surface area contributed by atoms with E-state index >= 15 is 0 Å². The summed E-state index contributed by atoms with van der Waals surface area (Å²) < 4.78 is 33.7. The third kappa shape index (κ3) is 5.00. The van der Waals surface area contributed by atoms with Gasteiger partial charge in [0.15, 0.2) is 0 Å². The average molecular weight is 499 g/mol. The van der Waals surface area contributed by atoms with Crippen LogP contribution in [0.5, 0.6) is 0 Å².